The molecule has 1 unspecified atom stereocenters. The first-order chi connectivity index (χ1) is 18.4. The lowest BCUT2D eigenvalue weighted by atomic mass is 9.94. The average molecular weight is 535 g/mol. The van der Waals surface area contributed by atoms with Gasteiger partial charge in [0.05, 0.1) is 29.8 Å². The molecule has 11 nitrogen and oxygen atoms in total. The zero-order valence-electron chi connectivity index (χ0n) is 20.9. The van der Waals surface area contributed by atoms with Crippen LogP contribution in [-0.4, -0.2) is 83.1 Å². The number of aromatic nitrogens is 2. The van der Waals surface area contributed by atoms with Crippen molar-refractivity contribution in [2.24, 2.45) is 0 Å². The number of nitrogens with zero attached hydrogens (tertiary/aromatic N) is 4. The molecule has 2 N–H and O–H groups in total. The first-order valence-corrected chi connectivity index (χ1v) is 12.9. The van der Waals surface area contributed by atoms with Gasteiger partial charge in [0.1, 0.15) is 11.4 Å². The van der Waals surface area contributed by atoms with E-state index < -0.39 is 17.6 Å². The van der Waals surface area contributed by atoms with Gasteiger partial charge >= 0.3 is 0 Å². The first-order valence-electron chi connectivity index (χ1n) is 12.1. The van der Waals surface area contributed by atoms with Gasteiger partial charge in [-0.15, -0.1) is 0 Å². The highest BCUT2D eigenvalue weighted by molar-refractivity contribution is 7.19. The molecule has 196 valence electrons. The number of carbonyl (C=O) groups excluding carboxylic acids is 4. The minimum absolute atomic E-state index is 0.0903. The van der Waals surface area contributed by atoms with Crippen molar-refractivity contribution in [1.29, 1.82) is 0 Å². The Balaban J connectivity index is 1.32. The quantitative estimate of drug-likeness (QED) is 0.460. The van der Waals surface area contributed by atoms with Crippen molar-refractivity contribution in [2.75, 3.05) is 50.5 Å². The summed E-state index contributed by atoms with van der Waals surface area (Å²) < 4.78 is 5.50. The van der Waals surface area contributed by atoms with E-state index in [0.717, 1.165) is 0 Å². The van der Waals surface area contributed by atoms with Gasteiger partial charge in [0.25, 0.3) is 11.8 Å². The number of nitrogens with one attached hydrogen (secondary N) is 2. The van der Waals surface area contributed by atoms with E-state index in [-0.39, 0.29) is 31.4 Å². The van der Waals surface area contributed by atoms with Gasteiger partial charge in [0.2, 0.25) is 11.7 Å². The van der Waals surface area contributed by atoms with Crippen molar-refractivity contribution >= 4 is 45.7 Å². The number of piperazine rings is 1. The molecule has 3 aromatic rings. The zero-order chi connectivity index (χ0) is 26.8. The number of ketones is 1. The second-order valence-electron chi connectivity index (χ2n) is 8.92. The van der Waals surface area contributed by atoms with Crippen molar-refractivity contribution in [3.8, 4) is 16.3 Å². The molecule has 0 radical (unpaired) electrons. The Morgan fingerprint density at radius 3 is 2.42 bits per heavy atom. The highest BCUT2D eigenvalue weighted by Crippen LogP contribution is 2.45. The van der Waals surface area contributed by atoms with Crippen LogP contribution >= 0.6 is 11.3 Å². The third kappa shape index (κ3) is 4.82. The summed E-state index contributed by atoms with van der Waals surface area (Å²) in [6.45, 7) is 2.89. The fraction of sp³-hybridized carbons (Fsp3) is 0.308. The summed E-state index contributed by atoms with van der Waals surface area (Å²) in [4.78, 5) is 63.4. The summed E-state index contributed by atoms with van der Waals surface area (Å²) in [7, 11) is 1.49. The lowest BCUT2D eigenvalue weighted by Gasteiger charge is -2.34. The molecule has 0 aliphatic carbocycles. The molecule has 1 atom stereocenters. The zero-order valence-corrected chi connectivity index (χ0v) is 21.7. The number of ether oxygens (including phenoxy) is 1. The van der Waals surface area contributed by atoms with Crippen LogP contribution in [0.5, 0.6) is 5.75 Å². The number of fused-ring (bicyclic) bond motifs is 1. The Bertz CT molecular complexity index is 1400. The topological polar surface area (TPSA) is 134 Å². The van der Waals surface area contributed by atoms with E-state index in [2.05, 4.69) is 20.6 Å². The number of hydrogen-bond acceptors (Lipinski definition) is 9. The Labute approximate surface area is 222 Å². The standard InChI is InChI=1S/C26H26N6O5S/c1-15(33)30-26-29-14-19(38-26)21-22-20(18(37-2)13-28-21)17(12-27-22)23(34)25(36)32-10-8-31(9-11-32)24(35)16-6-4-3-5-7-16/h3-7,13-14,17,27H,8-12H2,1-2H3,(H,29,30,33). The normalized spacial score (nSPS) is 16.4. The van der Waals surface area contributed by atoms with Gasteiger partial charge in [0.15, 0.2) is 5.13 Å². The Hall–Kier alpha value is -4.32. The fourth-order valence-electron chi connectivity index (χ4n) is 4.69. The molecule has 0 bridgehead atoms. The van der Waals surface area contributed by atoms with E-state index in [1.54, 1.807) is 23.2 Å². The highest BCUT2D eigenvalue weighted by atomic mass is 32.1. The van der Waals surface area contributed by atoms with Gasteiger partial charge in [-0.25, -0.2) is 9.97 Å². The number of anilines is 2. The van der Waals surface area contributed by atoms with E-state index in [1.165, 1.54) is 36.5 Å². The third-order valence-corrected chi connectivity index (χ3v) is 7.48. The molecule has 2 aliphatic heterocycles. The van der Waals surface area contributed by atoms with Gasteiger partial charge in [0, 0.05) is 57.0 Å². The number of amides is 3. The van der Waals surface area contributed by atoms with E-state index in [1.807, 2.05) is 18.2 Å². The maximum absolute atomic E-state index is 13.4. The summed E-state index contributed by atoms with van der Waals surface area (Å²) in [5, 5.41) is 6.31. The Morgan fingerprint density at radius 2 is 1.74 bits per heavy atom. The van der Waals surface area contributed by atoms with Crippen LogP contribution < -0.4 is 15.4 Å². The smallest absolute Gasteiger partial charge is 0.290 e. The molecular weight excluding hydrogens is 508 g/mol. The minimum atomic E-state index is -0.749. The highest BCUT2D eigenvalue weighted by Gasteiger charge is 2.40. The molecule has 2 aliphatic rings. The Morgan fingerprint density at radius 1 is 1.03 bits per heavy atom. The molecule has 2 aromatic heterocycles. The van der Waals surface area contributed by atoms with Gasteiger partial charge in [-0.1, -0.05) is 29.5 Å². The van der Waals surface area contributed by atoms with Crippen molar-refractivity contribution in [3.63, 3.8) is 0 Å². The monoisotopic (exact) mass is 534 g/mol. The van der Waals surface area contributed by atoms with Crippen LogP contribution in [-0.2, 0) is 14.4 Å². The molecule has 0 spiro atoms. The fourth-order valence-corrected chi connectivity index (χ4v) is 5.55. The van der Waals surface area contributed by atoms with Crippen LogP contribution in [0.15, 0.2) is 42.7 Å². The number of benzene rings is 1. The lowest BCUT2D eigenvalue weighted by molar-refractivity contribution is -0.146. The van der Waals surface area contributed by atoms with Crippen LogP contribution in [0, 0.1) is 0 Å². The van der Waals surface area contributed by atoms with Crippen LogP contribution in [0.3, 0.4) is 0 Å². The van der Waals surface area contributed by atoms with Crippen LogP contribution in [0.2, 0.25) is 0 Å². The van der Waals surface area contributed by atoms with Crippen LogP contribution in [0.25, 0.3) is 10.6 Å². The maximum Gasteiger partial charge on any atom is 0.290 e. The predicted molar refractivity (Wildman–Crippen MR) is 141 cm³/mol. The number of Topliss-reactive ketones (excluding diaryl/α,β-unsaturated/α-hetero) is 1. The summed E-state index contributed by atoms with van der Waals surface area (Å²) in [5.41, 5.74) is 2.33. The molecule has 12 heteroatoms. The molecule has 3 amide bonds. The van der Waals surface area contributed by atoms with Crippen LogP contribution in [0.1, 0.15) is 28.8 Å². The van der Waals surface area contributed by atoms with Gasteiger partial charge < -0.3 is 25.2 Å². The molecule has 1 saturated heterocycles. The summed E-state index contributed by atoms with van der Waals surface area (Å²) in [5.74, 6) is -1.79. The Kier molecular flexibility index (Phi) is 7.05. The summed E-state index contributed by atoms with van der Waals surface area (Å²) in [6, 6.07) is 8.99. The van der Waals surface area contributed by atoms with Gasteiger partial charge in [-0.05, 0) is 12.1 Å². The van der Waals surface area contributed by atoms with E-state index >= 15 is 0 Å². The SMILES string of the molecule is COc1cnc(-c2cnc(NC(C)=O)s2)c2c1C(C(=O)C(=O)N1CCN(C(=O)c3ccccc3)CC1)CN2. The molecule has 1 aromatic carbocycles. The number of thiazole rings is 1. The molecule has 1 fully saturated rings. The number of hydrogen-bond donors (Lipinski definition) is 2. The second kappa shape index (κ2) is 10.6. The number of carbonyl (C=O) groups is 4. The molecule has 4 heterocycles. The van der Waals surface area contributed by atoms with E-state index in [4.69, 9.17) is 4.74 Å². The number of rotatable bonds is 6. The molecular formula is C26H26N6O5S. The van der Waals surface area contributed by atoms with E-state index in [9.17, 15) is 19.2 Å². The minimum Gasteiger partial charge on any atom is -0.495 e. The maximum atomic E-state index is 13.4. The molecule has 38 heavy (non-hydrogen) atoms. The van der Waals surface area contributed by atoms with Crippen molar-refractivity contribution in [3.05, 3.63) is 53.9 Å². The molecule has 5 rings (SSSR count). The van der Waals surface area contributed by atoms with Crippen molar-refractivity contribution in [2.45, 2.75) is 12.8 Å². The summed E-state index contributed by atoms with van der Waals surface area (Å²) >= 11 is 1.25. The largest absolute Gasteiger partial charge is 0.495 e. The van der Waals surface area contributed by atoms with Crippen molar-refractivity contribution in [1.82, 2.24) is 19.8 Å². The van der Waals surface area contributed by atoms with Gasteiger partial charge in [-0.3, -0.25) is 19.2 Å². The predicted octanol–water partition coefficient (Wildman–Crippen LogP) is 2.23. The number of methoxy groups -OCH3 is 1. The first kappa shape index (κ1) is 25.3. The second-order valence-corrected chi connectivity index (χ2v) is 9.95. The van der Waals surface area contributed by atoms with Gasteiger partial charge in [-0.2, -0.15) is 0 Å². The van der Waals surface area contributed by atoms with Crippen LogP contribution in [0.4, 0.5) is 10.8 Å². The summed E-state index contributed by atoms with van der Waals surface area (Å²) in [6.07, 6.45) is 3.13. The molecule has 0 saturated carbocycles. The van der Waals surface area contributed by atoms with Crippen molar-refractivity contribution < 1.29 is 23.9 Å². The van der Waals surface area contributed by atoms with E-state index in [0.29, 0.717) is 51.4 Å². The average Bonchev–Trinajstić information content (AvgIpc) is 3.59. The third-order valence-electron chi connectivity index (χ3n) is 6.56. The number of pyridine rings is 1. The lowest BCUT2D eigenvalue weighted by Crippen LogP contribution is -2.52.